The van der Waals surface area contributed by atoms with Crippen molar-refractivity contribution in [2.75, 3.05) is 5.33 Å². The van der Waals surface area contributed by atoms with Crippen molar-refractivity contribution < 1.29 is 8.85 Å². The van der Waals surface area contributed by atoms with Crippen molar-refractivity contribution in [1.29, 1.82) is 0 Å². The topological polar surface area (TPSA) is 18.5 Å². The second kappa shape index (κ2) is 9.83. The van der Waals surface area contributed by atoms with Crippen molar-refractivity contribution in [1.82, 2.24) is 0 Å². The van der Waals surface area contributed by atoms with Crippen molar-refractivity contribution in [3.8, 4) is 0 Å². The molecule has 0 saturated carbocycles. The first kappa shape index (κ1) is 19.0. The highest BCUT2D eigenvalue weighted by Crippen LogP contribution is 2.20. The Morgan fingerprint density at radius 2 is 1.04 bits per heavy atom. The predicted molar refractivity (Wildman–Crippen MR) is 113 cm³/mol. The van der Waals surface area contributed by atoms with Crippen LogP contribution in [0.15, 0.2) is 91.0 Å². The molecule has 0 saturated heterocycles. The van der Waals surface area contributed by atoms with E-state index >= 15 is 0 Å². The van der Waals surface area contributed by atoms with Gasteiger partial charge >= 0.3 is 8.56 Å². The highest BCUT2D eigenvalue weighted by atomic mass is 79.9. The second-order valence-corrected chi connectivity index (χ2v) is 10.1. The number of hydrogen-bond acceptors (Lipinski definition) is 2. The minimum atomic E-state index is -2.58. The summed E-state index contributed by atoms with van der Waals surface area (Å²) in [6.45, 7) is 1.12. The molecule has 134 valence electrons. The number of alkyl halides is 1. The Balaban J connectivity index is 1.84. The van der Waals surface area contributed by atoms with Crippen LogP contribution in [0.1, 0.15) is 11.1 Å². The Bertz CT molecular complexity index is 722. The van der Waals surface area contributed by atoms with Gasteiger partial charge in [-0.1, -0.05) is 107 Å². The zero-order valence-electron chi connectivity index (χ0n) is 14.7. The van der Waals surface area contributed by atoms with Crippen LogP contribution >= 0.6 is 15.9 Å². The van der Waals surface area contributed by atoms with Gasteiger partial charge in [-0.05, 0) is 16.3 Å². The van der Waals surface area contributed by atoms with Gasteiger partial charge in [0.15, 0.2) is 0 Å². The van der Waals surface area contributed by atoms with Crippen LogP contribution in [-0.2, 0) is 22.1 Å². The molecule has 4 heteroatoms. The van der Waals surface area contributed by atoms with Gasteiger partial charge in [0, 0.05) is 11.4 Å². The van der Waals surface area contributed by atoms with E-state index < -0.39 is 8.56 Å². The van der Waals surface area contributed by atoms with Gasteiger partial charge in [-0.3, -0.25) is 0 Å². The Morgan fingerprint density at radius 1 is 0.615 bits per heavy atom. The summed E-state index contributed by atoms with van der Waals surface area (Å²) in [6.07, 6.45) is 0. The molecule has 0 spiro atoms. The second-order valence-electron chi connectivity index (χ2n) is 6.11. The molecule has 3 aromatic rings. The lowest BCUT2D eigenvalue weighted by atomic mass is 10.2. The SMILES string of the molecule is BrCC[Si](OCc1ccccc1)(OCc1ccccc1)c1ccccc1. The molecule has 3 rings (SSSR count). The van der Waals surface area contributed by atoms with Crippen LogP contribution in [0.25, 0.3) is 0 Å². The Kier molecular flexibility index (Phi) is 7.20. The van der Waals surface area contributed by atoms with Gasteiger partial charge in [-0.15, -0.1) is 0 Å². The molecule has 26 heavy (non-hydrogen) atoms. The summed E-state index contributed by atoms with van der Waals surface area (Å²) in [5.41, 5.74) is 2.33. The van der Waals surface area contributed by atoms with E-state index in [1.54, 1.807) is 0 Å². The predicted octanol–water partition coefficient (Wildman–Crippen LogP) is 5.16. The van der Waals surface area contributed by atoms with Crippen LogP contribution in [0.4, 0.5) is 0 Å². The van der Waals surface area contributed by atoms with Gasteiger partial charge in [0.25, 0.3) is 0 Å². The van der Waals surface area contributed by atoms with E-state index in [0.29, 0.717) is 13.2 Å². The molecule has 2 nitrogen and oxygen atoms in total. The summed E-state index contributed by atoms with van der Waals surface area (Å²) in [6, 6.07) is 31.9. The van der Waals surface area contributed by atoms with Gasteiger partial charge in [0.2, 0.25) is 0 Å². The molecular formula is C22H23BrO2Si. The van der Waals surface area contributed by atoms with E-state index in [4.69, 9.17) is 8.85 Å². The average molecular weight is 427 g/mol. The lowest BCUT2D eigenvalue weighted by Crippen LogP contribution is -2.53. The Morgan fingerprint density at radius 3 is 1.46 bits per heavy atom. The van der Waals surface area contributed by atoms with Crippen molar-refractivity contribution >= 4 is 29.7 Å². The van der Waals surface area contributed by atoms with Crippen LogP contribution in [0.3, 0.4) is 0 Å². The fraction of sp³-hybridized carbons (Fsp3) is 0.182. The molecule has 3 aromatic carbocycles. The standard InChI is InChI=1S/C22H23BrO2Si/c23-16-17-26(22-14-8-3-9-15-22,24-18-20-10-4-1-5-11-20)25-19-21-12-6-2-7-13-21/h1-15H,16-19H2. The minimum Gasteiger partial charge on any atom is -0.386 e. The molecule has 0 amide bonds. The molecule has 0 N–H and O–H groups in total. The quantitative estimate of drug-likeness (QED) is 0.347. The maximum Gasteiger partial charge on any atom is 0.373 e. The smallest absolute Gasteiger partial charge is 0.373 e. The lowest BCUT2D eigenvalue weighted by molar-refractivity contribution is 0.166. The van der Waals surface area contributed by atoms with Crippen molar-refractivity contribution in [2.45, 2.75) is 19.3 Å². The third-order valence-electron chi connectivity index (χ3n) is 4.27. The van der Waals surface area contributed by atoms with Crippen LogP contribution < -0.4 is 5.19 Å². The zero-order valence-corrected chi connectivity index (χ0v) is 17.3. The molecule has 0 fully saturated rings. The number of hydrogen-bond donors (Lipinski definition) is 0. The maximum absolute atomic E-state index is 6.55. The van der Waals surface area contributed by atoms with E-state index in [2.05, 4.69) is 64.5 Å². The third kappa shape index (κ3) is 5.14. The van der Waals surface area contributed by atoms with E-state index in [1.807, 2.05) is 42.5 Å². The van der Waals surface area contributed by atoms with Crippen LogP contribution in [-0.4, -0.2) is 13.9 Å². The first-order valence-electron chi connectivity index (χ1n) is 8.80. The number of benzene rings is 3. The molecular weight excluding hydrogens is 404 g/mol. The third-order valence-corrected chi connectivity index (χ3v) is 8.74. The van der Waals surface area contributed by atoms with Gasteiger partial charge in [-0.25, -0.2) is 0 Å². The van der Waals surface area contributed by atoms with Gasteiger partial charge in [0.05, 0.1) is 13.2 Å². The molecule has 0 atom stereocenters. The highest BCUT2D eigenvalue weighted by molar-refractivity contribution is 9.09. The van der Waals surface area contributed by atoms with Crippen LogP contribution in [0.2, 0.25) is 6.04 Å². The molecule has 0 heterocycles. The first-order valence-corrected chi connectivity index (χ1v) is 11.9. The Hall–Kier alpha value is -1.72. The van der Waals surface area contributed by atoms with E-state index in [-0.39, 0.29) is 0 Å². The lowest BCUT2D eigenvalue weighted by Gasteiger charge is -2.31. The maximum atomic E-state index is 6.55. The Labute approximate surface area is 165 Å². The zero-order chi connectivity index (χ0) is 18.1. The van der Waals surface area contributed by atoms with Crippen molar-refractivity contribution in [3.05, 3.63) is 102 Å². The van der Waals surface area contributed by atoms with Gasteiger partial charge in [-0.2, -0.15) is 0 Å². The summed E-state index contributed by atoms with van der Waals surface area (Å²) >= 11 is 3.61. The number of rotatable bonds is 9. The van der Waals surface area contributed by atoms with Crippen LogP contribution in [0, 0.1) is 0 Å². The fourth-order valence-corrected chi connectivity index (χ4v) is 7.17. The number of halogens is 1. The van der Waals surface area contributed by atoms with Crippen molar-refractivity contribution in [2.24, 2.45) is 0 Å². The summed E-state index contributed by atoms with van der Waals surface area (Å²) in [5, 5.41) is 2.02. The molecule has 0 aliphatic rings. The summed E-state index contributed by atoms with van der Waals surface area (Å²) < 4.78 is 13.1. The van der Waals surface area contributed by atoms with E-state index in [1.165, 1.54) is 5.19 Å². The molecule has 0 aliphatic carbocycles. The highest BCUT2D eigenvalue weighted by Gasteiger charge is 2.39. The first-order chi connectivity index (χ1) is 12.8. The van der Waals surface area contributed by atoms with Gasteiger partial charge in [0.1, 0.15) is 0 Å². The molecule has 0 bridgehead atoms. The minimum absolute atomic E-state index is 0.559. The monoisotopic (exact) mass is 426 g/mol. The molecule has 0 radical (unpaired) electrons. The van der Waals surface area contributed by atoms with Gasteiger partial charge < -0.3 is 8.85 Å². The van der Waals surface area contributed by atoms with Crippen LogP contribution in [0.5, 0.6) is 0 Å². The molecule has 0 unspecified atom stereocenters. The normalized spacial score (nSPS) is 11.4. The summed E-state index contributed by atoms with van der Waals surface area (Å²) in [7, 11) is -2.58. The molecule has 0 aliphatic heterocycles. The average Bonchev–Trinajstić information content (AvgIpc) is 2.72. The van der Waals surface area contributed by atoms with Crippen molar-refractivity contribution in [3.63, 3.8) is 0 Å². The fourth-order valence-electron chi connectivity index (χ4n) is 2.86. The van der Waals surface area contributed by atoms with E-state index in [0.717, 1.165) is 22.5 Å². The summed E-state index contributed by atoms with van der Waals surface area (Å²) in [5.74, 6) is 0. The van der Waals surface area contributed by atoms with E-state index in [9.17, 15) is 0 Å². The summed E-state index contributed by atoms with van der Waals surface area (Å²) in [4.78, 5) is 0. The molecule has 0 aromatic heterocycles. The largest absolute Gasteiger partial charge is 0.386 e.